The van der Waals surface area contributed by atoms with Crippen molar-refractivity contribution in [2.45, 2.75) is 78.3 Å². The van der Waals surface area contributed by atoms with Crippen LogP contribution in [-0.2, 0) is 33.4 Å². The van der Waals surface area contributed by atoms with Gasteiger partial charge in [-0.25, -0.2) is 9.59 Å². The highest BCUT2D eigenvalue weighted by atomic mass is 16.6. The Morgan fingerprint density at radius 2 is 1.97 bits per heavy atom. The number of aliphatic hydroxyl groups is 1. The third kappa shape index (κ3) is 4.24. The van der Waals surface area contributed by atoms with E-state index in [1.54, 1.807) is 39.8 Å². The summed E-state index contributed by atoms with van der Waals surface area (Å²) in [4.78, 5) is 51.7. The summed E-state index contributed by atoms with van der Waals surface area (Å²) in [6.07, 6.45) is 1.82. The maximum Gasteiger partial charge on any atom is 0.334 e. The highest BCUT2D eigenvalue weighted by Gasteiger charge is 2.65. The van der Waals surface area contributed by atoms with Crippen LogP contribution < -0.4 is 0 Å². The lowest BCUT2D eigenvalue weighted by molar-refractivity contribution is -0.191. The van der Waals surface area contributed by atoms with Gasteiger partial charge in [-0.2, -0.15) is 0 Å². The van der Waals surface area contributed by atoms with E-state index in [2.05, 4.69) is 6.58 Å². The number of allylic oxidation sites excluding steroid dienone is 3. The first kappa shape index (κ1) is 25.9. The van der Waals surface area contributed by atoms with Gasteiger partial charge in [-0.3, -0.25) is 9.59 Å². The van der Waals surface area contributed by atoms with Gasteiger partial charge in [0.15, 0.2) is 5.78 Å². The predicted octanol–water partition coefficient (Wildman–Crippen LogP) is 2.84. The zero-order valence-corrected chi connectivity index (χ0v) is 20.6. The Kier molecular flexibility index (Phi) is 6.95. The molecular formula is C26H34O8. The molecule has 3 rings (SSSR count). The Morgan fingerprint density at radius 3 is 2.56 bits per heavy atom. The van der Waals surface area contributed by atoms with Crippen LogP contribution >= 0.6 is 0 Å². The van der Waals surface area contributed by atoms with Gasteiger partial charge in [0, 0.05) is 17.1 Å². The first-order chi connectivity index (χ1) is 15.8. The van der Waals surface area contributed by atoms with Crippen LogP contribution in [0, 0.1) is 23.2 Å². The molecule has 0 aromatic carbocycles. The minimum atomic E-state index is -1.27. The molecule has 1 saturated heterocycles. The van der Waals surface area contributed by atoms with Crippen molar-refractivity contribution in [1.29, 1.82) is 0 Å². The molecule has 186 valence electrons. The molecule has 0 amide bonds. The minimum absolute atomic E-state index is 0.0268. The quantitative estimate of drug-likeness (QED) is 0.355. The van der Waals surface area contributed by atoms with E-state index >= 15 is 0 Å². The number of esters is 3. The smallest absolute Gasteiger partial charge is 0.334 e. The van der Waals surface area contributed by atoms with Gasteiger partial charge >= 0.3 is 17.9 Å². The van der Waals surface area contributed by atoms with Crippen LogP contribution in [0.2, 0.25) is 0 Å². The van der Waals surface area contributed by atoms with E-state index in [9.17, 15) is 24.3 Å². The number of hydrogen-bond acceptors (Lipinski definition) is 8. The Labute approximate surface area is 200 Å². The zero-order chi connectivity index (χ0) is 25.6. The number of hydrogen-bond donors (Lipinski definition) is 1. The highest BCUT2D eigenvalue weighted by Crippen LogP contribution is 2.55. The maximum atomic E-state index is 13.2. The third-order valence-electron chi connectivity index (χ3n) is 7.81. The fourth-order valence-corrected chi connectivity index (χ4v) is 5.22. The number of rotatable bonds is 6. The molecule has 2 bridgehead atoms. The fraction of sp³-hybridized carbons (Fsp3) is 0.615. The second-order valence-electron chi connectivity index (χ2n) is 10.1. The summed E-state index contributed by atoms with van der Waals surface area (Å²) in [5.41, 5.74) is -2.17. The zero-order valence-electron chi connectivity index (χ0n) is 20.6. The molecule has 8 nitrogen and oxygen atoms in total. The van der Waals surface area contributed by atoms with E-state index in [0.29, 0.717) is 12.0 Å². The average molecular weight is 475 g/mol. The molecule has 0 aromatic rings. The van der Waals surface area contributed by atoms with Crippen LogP contribution in [-0.4, -0.2) is 52.7 Å². The number of carbonyl (C=O) groups excluding carboxylic acids is 4. The third-order valence-corrected chi connectivity index (χ3v) is 7.81. The SMILES string of the molecule is C=C1C(=O)O[C@@H]2C(C)[C@@H]3C=CC(=O)[C@@]3(C)[C@@H](OC(=O)/C(C)=C\C)[C@H]1[C@@H]2OC(=O)CC(C)(O)CC. The molecule has 8 heteroatoms. The van der Waals surface area contributed by atoms with Gasteiger partial charge in [-0.15, -0.1) is 0 Å². The molecule has 1 N–H and O–H groups in total. The van der Waals surface area contributed by atoms with Crippen molar-refractivity contribution in [3.63, 3.8) is 0 Å². The normalized spacial score (nSPS) is 36.8. The van der Waals surface area contributed by atoms with Gasteiger partial charge in [0.05, 0.1) is 23.4 Å². The van der Waals surface area contributed by atoms with Gasteiger partial charge in [0.2, 0.25) is 0 Å². The molecule has 0 radical (unpaired) electrons. The first-order valence-electron chi connectivity index (χ1n) is 11.7. The van der Waals surface area contributed by atoms with Crippen molar-refractivity contribution in [1.82, 2.24) is 0 Å². The van der Waals surface area contributed by atoms with Crippen molar-refractivity contribution in [2.24, 2.45) is 23.2 Å². The Hall–Kier alpha value is -2.74. The van der Waals surface area contributed by atoms with E-state index in [1.807, 2.05) is 6.92 Å². The summed E-state index contributed by atoms with van der Waals surface area (Å²) in [6, 6.07) is 0. The summed E-state index contributed by atoms with van der Waals surface area (Å²) in [5.74, 6) is -4.09. The van der Waals surface area contributed by atoms with Crippen molar-refractivity contribution in [3.8, 4) is 0 Å². The summed E-state index contributed by atoms with van der Waals surface area (Å²) in [7, 11) is 0. The lowest BCUT2D eigenvalue weighted by Crippen LogP contribution is -2.55. The summed E-state index contributed by atoms with van der Waals surface area (Å²) in [6.45, 7) is 14.0. The van der Waals surface area contributed by atoms with Crippen LogP contribution in [0.25, 0.3) is 0 Å². The first-order valence-corrected chi connectivity index (χ1v) is 11.7. The van der Waals surface area contributed by atoms with E-state index in [0.717, 1.165) is 0 Å². The number of ether oxygens (including phenoxy) is 3. The molecule has 0 spiro atoms. The number of fused-ring (bicyclic) bond motifs is 3. The van der Waals surface area contributed by atoms with E-state index in [4.69, 9.17) is 14.2 Å². The maximum absolute atomic E-state index is 13.2. The minimum Gasteiger partial charge on any atom is -0.457 e. The molecule has 1 saturated carbocycles. The summed E-state index contributed by atoms with van der Waals surface area (Å²) in [5, 5.41) is 10.4. The molecular weight excluding hydrogens is 440 g/mol. The van der Waals surface area contributed by atoms with Gasteiger partial charge in [0.25, 0.3) is 0 Å². The van der Waals surface area contributed by atoms with Gasteiger partial charge in [0.1, 0.15) is 18.3 Å². The second kappa shape index (κ2) is 9.13. The Balaban J connectivity index is 2.12. The van der Waals surface area contributed by atoms with Crippen LogP contribution in [0.1, 0.15) is 54.4 Å². The van der Waals surface area contributed by atoms with Gasteiger partial charge in [-0.1, -0.05) is 32.6 Å². The lowest BCUT2D eigenvalue weighted by atomic mass is 9.67. The second-order valence-corrected chi connectivity index (χ2v) is 10.1. The molecule has 1 heterocycles. The van der Waals surface area contributed by atoms with Crippen LogP contribution in [0.4, 0.5) is 0 Å². The molecule has 0 aromatic heterocycles. The van der Waals surface area contributed by atoms with Crippen LogP contribution in [0.15, 0.2) is 36.0 Å². The van der Waals surface area contributed by atoms with E-state index < -0.39 is 65.0 Å². The Morgan fingerprint density at radius 1 is 1.32 bits per heavy atom. The van der Waals surface area contributed by atoms with Gasteiger partial charge in [-0.05, 0) is 46.1 Å². The fourth-order valence-electron chi connectivity index (χ4n) is 5.22. The topological polar surface area (TPSA) is 116 Å². The van der Waals surface area contributed by atoms with Gasteiger partial charge < -0.3 is 19.3 Å². The van der Waals surface area contributed by atoms with Crippen molar-refractivity contribution in [3.05, 3.63) is 36.0 Å². The van der Waals surface area contributed by atoms with Crippen LogP contribution in [0.5, 0.6) is 0 Å². The molecule has 1 aliphatic heterocycles. The molecule has 2 aliphatic carbocycles. The summed E-state index contributed by atoms with van der Waals surface area (Å²) < 4.78 is 17.4. The monoisotopic (exact) mass is 474 g/mol. The van der Waals surface area contributed by atoms with Crippen molar-refractivity contribution < 1.29 is 38.5 Å². The Bertz CT molecular complexity index is 973. The molecule has 34 heavy (non-hydrogen) atoms. The van der Waals surface area contributed by atoms with E-state index in [-0.39, 0.29) is 17.8 Å². The summed E-state index contributed by atoms with van der Waals surface area (Å²) >= 11 is 0. The molecule has 3 aliphatic rings. The lowest BCUT2D eigenvalue weighted by Gasteiger charge is -2.42. The molecule has 8 atom stereocenters. The molecule has 2 fully saturated rings. The van der Waals surface area contributed by atoms with E-state index in [1.165, 1.54) is 13.0 Å². The largest absolute Gasteiger partial charge is 0.457 e. The van der Waals surface area contributed by atoms with Crippen molar-refractivity contribution >= 4 is 23.7 Å². The molecule has 2 unspecified atom stereocenters. The number of ketones is 1. The average Bonchev–Trinajstić information content (AvgIpc) is 3.06. The standard InChI is InChI=1S/C26H34O8/c1-8-13(3)23(29)34-22-19-15(5)24(30)33-20(14(4)16-10-11-17(27)26(16,22)7)21(19)32-18(28)12-25(6,31)9-2/h8,10-11,14,16,19-22,31H,5,9,12H2,1-4,6-7H3/b13-8-/t14?,16-,19+,20+,21-,22-,25?,26-/m0/s1. The van der Waals surface area contributed by atoms with Crippen LogP contribution in [0.3, 0.4) is 0 Å². The van der Waals surface area contributed by atoms with Crippen molar-refractivity contribution in [2.75, 3.05) is 0 Å². The highest BCUT2D eigenvalue weighted by molar-refractivity contribution is 5.99. The number of carbonyl (C=O) groups is 4. The predicted molar refractivity (Wildman–Crippen MR) is 122 cm³/mol.